The summed E-state index contributed by atoms with van der Waals surface area (Å²) in [6.07, 6.45) is 4.74. The summed E-state index contributed by atoms with van der Waals surface area (Å²) in [5, 5.41) is 0. The fraction of sp³-hybridized carbons (Fsp3) is 1.00. The molecule has 0 amide bonds. The van der Waals surface area contributed by atoms with Crippen molar-refractivity contribution < 1.29 is 8.42 Å². The lowest BCUT2D eigenvalue weighted by Crippen LogP contribution is -2.38. The summed E-state index contributed by atoms with van der Waals surface area (Å²) in [4.78, 5) is 0.466. The van der Waals surface area contributed by atoms with Gasteiger partial charge in [-0.2, -0.15) is 0 Å². The van der Waals surface area contributed by atoms with Crippen LogP contribution < -0.4 is 4.72 Å². The van der Waals surface area contributed by atoms with E-state index in [0.29, 0.717) is 17.3 Å². The molecule has 0 aromatic heterocycles. The van der Waals surface area contributed by atoms with E-state index >= 15 is 0 Å². The van der Waals surface area contributed by atoms with Gasteiger partial charge in [0.25, 0.3) is 0 Å². The maximum Gasteiger partial charge on any atom is 0.212 e. The predicted octanol–water partition coefficient (Wildman–Crippen LogP) is 2.91. The van der Waals surface area contributed by atoms with E-state index in [1.54, 1.807) is 0 Å². The Morgan fingerprint density at radius 1 is 1.24 bits per heavy atom. The van der Waals surface area contributed by atoms with E-state index in [1.807, 2.05) is 20.8 Å². The Kier molecular flexibility index (Phi) is 5.47. The average Bonchev–Trinajstić information content (AvgIpc) is 2.13. The van der Waals surface area contributed by atoms with Gasteiger partial charge in [-0.3, -0.25) is 0 Å². The van der Waals surface area contributed by atoms with Gasteiger partial charge in [0.15, 0.2) is 0 Å². The summed E-state index contributed by atoms with van der Waals surface area (Å²) in [7, 11) is -3.13. The molecule has 1 rings (SSSR count). The number of nitrogens with one attached hydrogen (secondary N) is 1. The number of hydrogen-bond donors (Lipinski definition) is 1. The Hall–Kier alpha value is 0.390. The van der Waals surface area contributed by atoms with Crippen molar-refractivity contribution in [1.82, 2.24) is 4.72 Å². The quantitative estimate of drug-likeness (QED) is 0.808. The number of rotatable bonds is 4. The van der Waals surface area contributed by atoms with Gasteiger partial charge in [0, 0.05) is 11.4 Å². The van der Waals surface area contributed by atoms with Crippen LogP contribution in [0.5, 0.6) is 0 Å². The van der Waals surface area contributed by atoms with Crippen LogP contribution in [0.3, 0.4) is 0 Å². The summed E-state index contributed by atoms with van der Waals surface area (Å²) in [6, 6.07) is 0. The summed E-state index contributed by atoms with van der Waals surface area (Å²) < 4.78 is 26.5. The van der Waals surface area contributed by atoms with E-state index in [0.717, 1.165) is 12.8 Å². The largest absolute Gasteiger partial charge is 0.215 e. The van der Waals surface area contributed by atoms with E-state index in [9.17, 15) is 8.42 Å². The molecule has 5 heteroatoms. The van der Waals surface area contributed by atoms with Gasteiger partial charge in [0.2, 0.25) is 10.0 Å². The Morgan fingerprint density at radius 3 is 2.35 bits per heavy atom. The molecule has 0 radical (unpaired) electrons. The average molecular weight is 326 g/mol. The first kappa shape index (κ1) is 15.4. The summed E-state index contributed by atoms with van der Waals surface area (Å²) >= 11 is 3.65. The van der Waals surface area contributed by atoms with Crippen molar-refractivity contribution >= 4 is 26.0 Å². The number of sulfonamides is 1. The number of hydrogen-bond acceptors (Lipinski definition) is 2. The Labute approximate surface area is 114 Å². The number of halogens is 1. The molecule has 1 aliphatic rings. The van der Waals surface area contributed by atoms with Crippen LogP contribution in [-0.4, -0.2) is 25.5 Å². The lowest BCUT2D eigenvalue weighted by molar-refractivity contribution is 0.371. The second-order valence-corrected chi connectivity index (χ2v) is 9.21. The molecule has 0 aromatic rings. The third kappa shape index (κ3) is 6.20. The Balaban J connectivity index is 2.44. The van der Waals surface area contributed by atoms with Crippen molar-refractivity contribution in [3.8, 4) is 0 Å². The van der Waals surface area contributed by atoms with E-state index in [-0.39, 0.29) is 11.2 Å². The normalized spacial score (nSPS) is 27.1. The molecule has 17 heavy (non-hydrogen) atoms. The highest BCUT2D eigenvalue weighted by molar-refractivity contribution is 9.09. The molecule has 0 aliphatic heterocycles. The van der Waals surface area contributed by atoms with Crippen LogP contribution in [0.2, 0.25) is 0 Å². The van der Waals surface area contributed by atoms with Gasteiger partial charge in [-0.1, -0.05) is 49.5 Å². The summed E-state index contributed by atoms with van der Waals surface area (Å²) in [5.74, 6) is 0.637. The van der Waals surface area contributed by atoms with Crippen LogP contribution in [0.1, 0.15) is 46.5 Å². The molecule has 0 heterocycles. The topological polar surface area (TPSA) is 46.2 Å². The van der Waals surface area contributed by atoms with Crippen molar-refractivity contribution in [2.75, 3.05) is 12.3 Å². The first-order chi connectivity index (χ1) is 7.70. The van der Waals surface area contributed by atoms with Crippen LogP contribution >= 0.6 is 15.9 Å². The SMILES string of the molecule is CC(C)(C)CS(=O)(=O)NCC1CCCCC1Br. The monoisotopic (exact) mass is 325 g/mol. The predicted molar refractivity (Wildman–Crippen MR) is 75.9 cm³/mol. The molecule has 1 N–H and O–H groups in total. The smallest absolute Gasteiger partial charge is 0.212 e. The van der Waals surface area contributed by atoms with E-state index in [2.05, 4.69) is 20.7 Å². The molecule has 1 aliphatic carbocycles. The second kappa shape index (κ2) is 6.02. The van der Waals surface area contributed by atoms with Crippen molar-refractivity contribution in [3.63, 3.8) is 0 Å². The van der Waals surface area contributed by atoms with E-state index < -0.39 is 10.0 Å². The van der Waals surface area contributed by atoms with Crippen molar-refractivity contribution in [2.24, 2.45) is 11.3 Å². The van der Waals surface area contributed by atoms with Gasteiger partial charge in [-0.15, -0.1) is 0 Å². The van der Waals surface area contributed by atoms with Gasteiger partial charge in [0.1, 0.15) is 0 Å². The minimum atomic E-state index is -3.13. The zero-order chi connectivity index (χ0) is 13.1. The first-order valence-electron chi connectivity index (χ1n) is 6.31. The Morgan fingerprint density at radius 2 is 1.82 bits per heavy atom. The highest BCUT2D eigenvalue weighted by atomic mass is 79.9. The minimum Gasteiger partial charge on any atom is -0.215 e. The lowest BCUT2D eigenvalue weighted by Gasteiger charge is -2.28. The second-order valence-electron chi connectivity index (χ2n) is 6.23. The van der Waals surface area contributed by atoms with Crippen molar-refractivity contribution in [2.45, 2.75) is 51.3 Å². The molecule has 1 fully saturated rings. The first-order valence-corrected chi connectivity index (χ1v) is 8.88. The molecule has 2 unspecified atom stereocenters. The zero-order valence-electron chi connectivity index (χ0n) is 11.0. The fourth-order valence-corrected chi connectivity index (χ4v) is 4.73. The Bertz CT molecular complexity index is 335. The van der Waals surface area contributed by atoms with Gasteiger partial charge in [0.05, 0.1) is 5.75 Å². The van der Waals surface area contributed by atoms with Gasteiger partial charge in [-0.25, -0.2) is 13.1 Å². The molecule has 0 bridgehead atoms. The van der Waals surface area contributed by atoms with E-state index in [4.69, 9.17) is 0 Å². The van der Waals surface area contributed by atoms with Gasteiger partial charge < -0.3 is 0 Å². The van der Waals surface area contributed by atoms with Gasteiger partial charge in [-0.05, 0) is 24.2 Å². The highest BCUT2D eigenvalue weighted by Gasteiger charge is 2.26. The lowest BCUT2D eigenvalue weighted by atomic mass is 9.89. The molecule has 0 aromatic carbocycles. The molecular formula is C12H24BrNO2S. The zero-order valence-corrected chi connectivity index (χ0v) is 13.4. The number of alkyl halides is 1. The van der Waals surface area contributed by atoms with Crippen LogP contribution in [0.4, 0.5) is 0 Å². The molecule has 0 spiro atoms. The molecule has 3 nitrogen and oxygen atoms in total. The molecule has 102 valence electrons. The maximum atomic E-state index is 11.9. The maximum absolute atomic E-state index is 11.9. The molecule has 2 atom stereocenters. The van der Waals surface area contributed by atoms with Crippen LogP contribution in [0.25, 0.3) is 0 Å². The summed E-state index contributed by atoms with van der Waals surface area (Å²) in [6.45, 7) is 6.41. The minimum absolute atomic E-state index is 0.188. The summed E-state index contributed by atoms with van der Waals surface area (Å²) in [5.41, 5.74) is -0.188. The van der Waals surface area contributed by atoms with Crippen LogP contribution in [0, 0.1) is 11.3 Å². The molecule has 0 saturated heterocycles. The van der Waals surface area contributed by atoms with Gasteiger partial charge >= 0.3 is 0 Å². The van der Waals surface area contributed by atoms with E-state index in [1.165, 1.54) is 12.8 Å². The standard InChI is InChI=1S/C12H24BrNO2S/c1-12(2,3)9-17(15,16)14-8-10-6-4-5-7-11(10)13/h10-11,14H,4-9H2,1-3H3. The van der Waals surface area contributed by atoms with Crippen LogP contribution in [-0.2, 0) is 10.0 Å². The van der Waals surface area contributed by atoms with Crippen LogP contribution in [0.15, 0.2) is 0 Å². The fourth-order valence-electron chi connectivity index (χ4n) is 2.25. The third-order valence-electron chi connectivity index (χ3n) is 3.00. The van der Waals surface area contributed by atoms with Crippen molar-refractivity contribution in [1.29, 1.82) is 0 Å². The highest BCUT2D eigenvalue weighted by Crippen LogP contribution is 2.29. The third-order valence-corrected chi connectivity index (χ3v) is 6.06. The van der Waals surface area contributed by atoms with Crippen molar-refractivity contribution in [3.05, 3.63) is 0 Å². The molecule has 1 saturated carbocycles. The molecular weight excluding hydrogens is 302 g/mol.